The van der Waals surface area contributed by atoms with Gasteiger partial charge in [0.1, 0.15) is 0 Å². The van der Waals surface area contributed by atoms with E-state index in [-0.39, 0.29) is 42.1 Å². The fourth-order valence-corrected chi connectivity index (χ4v) is 3.27. The summed E-state index contributed by atoms with van der Waals surface area (Å²) in [5.41, 5.74) is 8.64. The van der Waals surface area contributed by atoms with Crippen LogP contribution in [0.1, 0.15) is 44.2 Å². The Morgan fingerprint density at radius 2 is 1.96 bits per heavy atom. The Morgan fingerprint density at radius 3 is 2.52 bits per heavy atom. The minimum atomic E-state index is -0.368. The number of hydrogen-bond acceptors (Lipinski definition) is 3. The third kappa shape index (κ3) is 4.33. The molecule has 1 aliphatic heterocycles. The Hall–Kier alpha value is -1.59. The summed E-state index contributed by atoms with van der Waals surface area (Å²) in [5.74, 6) is -0.373. The van der Waals surface area contributed by atoms with Gasteiger partial charge in [0.15, 0.2) is 0 Å². The SMILES string of the molecule is CCC(CC)(CN)NC(=O)C1CC(=O)N(c2cccc(C)c2C)C1.Cl. The number of carbonyl (C=O) groups is 2. The average molecular weight is 368 g/mol. The third-order valence-corrected chi connectivity index (χ3v) is 5.50. The number of amides is 2. The molecule has 1 aliphatic rings. The number of hydrogen-bond donors (Lipinski definition) is 2. The number of benzene rings is 1. The van der Waals surface area contributed by atoms with E-state index in [0.717, 1.165) is 29.7 Å². The van der Waals surface area contributed by atoms with Crippen LogP contribution in [-0.2, 0) is 9.59 Å². The molecule has 0 spiro atoms. The summed E-state index contributed by atoms with van der Waals surface area (Å²) in [7, 11) is 0. The molecular formula is C19H30ClN3O2. The van der Waals surface area contributed by atoms with Gasteiger partial charge in [-0.25, -0.2) is 0 Å². The van der Waals surface area contributed by atoms with Crippen LogP contribution in [0.3, 0.4) is 0 Å². The molecule has 0 aromatic heterocycles. The van der Waals surface area contributed by atoms with Gasteiger partial charge in [-0.2, -0.15) is 0 Å². The molecule has 5 nitrogen and oxygen atoms in total. The highest BCUT2D eigenvalue weighted by molar-refractivity contribution is 6.01. The Morgan fingerprint density at radius 1 is 1.32 bits per heavy atom. The van der Waals surface area contributed by atoms with E-state index < -0.39 is 0 Å². The second kappa shape index (κ2) is 8.68. The predicted molar refractivity (Wildman–Crippen MR) is 104 cm³/mol. The van der Waals surface area contributed by atoms with Crippen LogP contribution in [-0.4, -0.2) is 30.4 Å². The van der Waals surface area contributed by atoms with Crippen LogP contribution < -0.4 is 16.0 Å². The molecule has 2 amide bonds. The summed E-state index contributed by atoms with van der Waals surface area (Å²) < 4.78 is 0. The number of carbonyl (C=O) groups excluding carboxylic acids is 2. The van der Waals surface area contributed by atoms with Crippen molar-refractivity contribution in [3.8, 4) is 0 Å². The number of nitrogens with zero attached hydrogens (tertiary/aromatic N) is 1. The summed E-state index contributed by atoms with van der Waals surface area (Å²) in [4.78, 5) is 26.9. The van der Waals surface area contributed by atoms with Gasteiger partial charge in [0.25, 0.3) is 0 Å². The predicted octanol–water partition coefficient (Wildman–Crippen LogP) is 2.71. The minimum Gasteiger partial charge on any atom is -0.349 e. The van der Waals surface area contributed by atoms with Gasteiger partial charge in [0, 0.05) is 25.2 Å². The van der Waals surface area contributed by atoms with E-state index >= 15 is 0 Å². The zero-order valence-corrected chi connectivity index (χ0v) is 16.4. The Kier molecular flexibility index (Phi) is 7.44. The molecule has 1 atom stereocenters. The normalized spacial score (nSPS) is 17.4. The van der Waals surface area contributed by atoms with E-state index in [2.05, 4.69) is 5.32 Å². The van der Waals surface area contributed by atoms with E-state index in [1.165, 1.54) is 0 Å². The summed E-state index contributed by atoms with van der Waals surface area (Å²) >= 11 is 0. The fourth-order valence-electron chi connectivity index (χ4n) is 3.27. The van der Waals surface area contributed by atoms with Crippen molar-refractivity contribution in [2.75, 3.05) is 18.0 Å². The molecule has 25 heavy (non-hydrogen) atoms. The molecule has 140 valence electrons. The molecule has 1 fully saturated rings. The van der Waals surface area contributed by atoms with Crippen molar-refractivity contribution in [3.05, 3.63) is 29.3 Å². The van der Waals surface area contributed by atoms with Gasteiger partial charge in [-0.15, -0.1) is 12.4 Å². The molecule has 1 aromatic rings. The highest BCUT2D eigenvalue weighted by Crippen LogP contribution is 2.30. The maximum Gasteiger partial charge on any atom is 0.227 e. The monoisotopic (exact) mass is 367 g/mol. The van der Waals surface area contributed by atoms with Gasteiger partial charge in [0.2, 0.25) is 11.8 Å². The average Bonchev–Trinajstić information content (AvgIpc) is 2.97. The lowest BCUT2D eigenvalue weighted by Gasteiger charge is -2.32. The molecule has 0 saturated carbocycles. The van der Waals surface area contributed by atoms with E-state index in [0.29, 0.717) is 13.1 Å². The highest BCUT2D eigenvalue weighted by Gasteiger charge is 2.38. The lowest BCUT2D eigenvalue weighted by molar-refractivity contribution is -0.128. The quantitative estimate of drug-likeness (QED) is 0.811. The summed E-state index contributed by atoms with van der Waals surface area (Å²) in [6, 6.07) is 5.93. The van der Waals surface area contributed by atoms with Crippen LogP contribution in [0.2, 0.25) is 0 Å². The van der Waals surface area contributed by atoms with Crippen LogP contribution in [0.4, 0.5) is 5.69 Å². The molecule has 1 saturated heterocycles. The molecule has 1 heterocycles. The van der Waals surface area contributed by atoms with Crippen molar-refractivity contribution < 1.29 is 9.59 Å². The van der Waals surface area contributed by atoms with Crippen molar-refractivity contribution in [2.45, 2.75) is 52.5 Å². The van der Waals surface area contributed by atoms with Crippen molar-refractivity contribution in [3.63, 3.8) is 0 Å². The van der Waals surface area contributed by atoms with Crippen LogP contribution in [0.25, 0.3) is 0 Å². The number of nitrogens with one attached hydrogen (secondary N) is 1. The zero-order valence-electron chi connectivity index (χ0n) is 15.6. The topological polar surface area (TPSA) is 75.4 Å². The standard InChI is InChI=1S/C19H29N3O2.ClH/c1-5-19(6-2,12-20)21-18(24)15-10-17(23)22(11-15)16-9-7-8-13(3)14(16)4;/h7-9,15H,5-6,10-12,20H2,1-4H3,(H,21,24);1H. The lowest BCUT2D eigenvalue weighted by Crippen LogP contribution is -2.54. The Balaban J connectivity index is 0.00000312. The largest absolute Gasteiger partial charge is 0.349 e. The smallest absolute Gasteiger partial charge is 0.227 e. The van der Waals surface area contributed by atoms with Gasteiger partial charge >= 0.3 is 0 Å². The van der Waals surface area contributed by atoms with Gasteiger partial charge in [-0.1, -0.05) is 26.0 Å². The van der Waals surface area contributed by atoms with Crippen LogP contribution in [0.5, 0.6) is 0 Å². The first-order valence-electron chi connectivity index (χ1n) is 8.76. The van der Waals surface area contributed by atoms with Gasteiger partial charge in [-0.05, 0) is 43.9 Å². The molecule has 0 radical (unpaired) electrons. The minimum absolute atomic E-state index is 0. The molecule has 1 aromatic carbocycles. The first kappa shape index (κ1) is 21.5. The molecule has 0 bridgehead atoms. The van der Waals surface area contributed by atoms with Crippen molar-refractivity contribution in [2.24, 2.45) is 11.7 Å². The van der Waals surface area contributed by atoms with E-state index in [1.807, 2.05) is 45.9 Å². The number of nitrogens with two attached hydrogens (primary N) is 1. The van der Waals surface area contributed by atoms with Crippen LogP contribution in [0, 0.1) is 19.8 Å². The van der Waals surface area contributed by atoms with Gasteiger partial charge in [-0.3, -0.25) is 9.59 Å². The third-order valence-electron chi connectivity index (χ3n) is 5.50. The zero-order chi connectivity index (χ0) is 17.9. The molecule has 6 heteroatoms. The number of halogens is 1. The number of aryl methyl sites for hydroxylation is 1. The molecule has 3 N–H and O–H groups in total. The molecular weight excluding hydrogens is 338 g/mol. The van der Waals surface area contributed by atoms with E-state index in [9.17, 15) is 9.59 Å². The highest BCUT2D eigenvalue weighted by atomic mass is 35.5. The Labute approximate surface area is 156 Å². The Bertz CT molecular complexity index is 621. The second-order valence-corrected chi connectivity index (χ2v) is 6.81. The van der Waals surface area contributed by atoms with E-state index in [4.69, 9.17) is 5.73 Å². The molecule has 0 aliphatic carbocycles. The molecule has 2 rings (SSSR count). The van der Waals surface area contributed by atoms with Crippen molar-refractivity contribution in [1.29, 1.82) is 0 Å². The summed E-state index contributed by atoms with van der Waals surface area (Å²) in [6.07, 6.45) is 1.83. The van der Waals surface area contributed by atoms with E-state index in [1.54, 1.807) is 4.90 Å². The van der Waals surface area contributed by atoms with Crippen molar-refractivity contribution in [1.82, 2.24) is 5.32 Å². The summed E-state index contributed by atoms with van der Waals surface area (Å²) in [5, 5.41) is 3.10. The first-order chi connectivity index (χ1) is 11.4. The lowest BCUT2D eigenvalue weighted by atomic mass is 9.91. The number of anilines is 1. The first-order valence-corrected chi connectivity index (χ1v) is 8.76. The maximum absolute atomic E-state index is 12.7. The fraction of sp³-hybridized carbons (Fsp3) is 0.579. The summed E-state index contributed by atoms with van der Waals surface area (Å²) in [6.45, 7) is 8.94. The van der Waals surface area contributed by atoms with Crippen LogP contribution in [0.15, 0.2) is 18.2 Å². The van der Waals surface area contributed by atoms with Crippen molar-refractivity contribution >= 4 is 29.9 Å². The number of rotatable bonds is 6. The maximum atomic E-state index is 12.7. The molecule has 1 unspecified atom stereocenters. The van der Waals surface area contributed by atoms with Gasteiger partial charge in [0.05, 0.1) is 11.5 Å². The van der Waals surface area contributed by atoms with Crippen LogP contribution >= 0.6 is 12.4 Å². The second-order valence-electron chi connectivity index (χ2n) is 6.81. The van der Waals surface area contributed by atoms with Gasteiger partial charge < -0.3 is 16.0 Å².